The smallest absolute Gasteiger partial charge is 0.161 e. The van der Waals surface area contributed by atoms with E-state index in [-0.39, 0.29) is 0 Å². The number of benzene rings is 19. The molecule has 0 N–H and O–H groups in total. The summed E-state index contributed by atoms with van der Waals surface area (Å²) < 4.78 is 0. The van der Waals surface area contributed by atoms with E-state index in [0.717, 1.165) is 128 Å². The molecule has 25 aromatic rings. The van der Waals surface area contributed by atoms with Crippen LogP contribution in [-0.4, -0.2) is 44.9 Å². The first-order valence-electron chi connectivity index (χ1n) is 43.7. The Labute approximate surface area is 750 Å². The Kier molecular flexibility index (Phi) is 20.1. The van der Waals surface area contributed by atoms with Gasteiger partial charge >= 0.3 is 0 Å². The molecule has 0 spiro atoms. The van der Waals surface area contributed by atoms with Crippen LogP contribution in [0.4, 0.5) is 0 Å². The van der Waals surface area contributed by atoms with E-state index < -0.39 is 0 Å². The van der Waals surface area contributed by atoms with Gasteiger partial charge in [-0.2, -0.15) is 0 Å². The molecule has 0 fully saturated rings. The quantitative estimate of drug-likeness (QED) is 0.110. The van der Waals surface area contributed by atoms with Gasteiger partial charge < -0.3 is 0 Å². The third-order valence-electron chi connectivity index (χ3n) is 24.8. The van der Waals surface area contributed by atoms with Crippen LogP contribution in [0.5, 0.6) is 0 Å². The maximum absolute atomic E-state index is 5.37. The monoisotopic (exact) mass is 1660 g/mol. The SMILES string of the molecule is c1cncc(-c2cccc(-c3cc(-c4cc5ccccc5c5ccccc45)nc(-c4cc5ccccc5c5ccccc45)n3)c2)c1.c1cncc(-c2cccc(-c3cc(-c4cc5ccccc5c5ccccc45)nc(-c4ccc5ccccc5c4)n3)c2)c1.c1cncc(-c2cccc(-c3cc(-c4cc5ccccc5c5ccccc45)nc(-c4cccc5ccccc45)n3)c2)c1. The standard InChI is InChI=1S/C43H27N3.2C39H25N3/c1-3-16-33-29(11-1)24-39(37-20-7-5-18-35(33)37)42-26-41(31-14-9-13-28(23-31)32-15-10-22-44-27-32)45-43(46-42)40-25-30-12-2-4-17-34(30)36-19-6-8-21-38(36)40;1-3-16-31-26(10-1)12-8-20-35(31)39-41-37(29-14-7-13-27(22-29)30-15-9-21-40-25-30)24-38(42-39)36-23-28-11-2-4-17-32(28)33-18-5-6-19-34(33)36;1-2-10-27-22-31(19-18-26(27)9-1)39-41-37(30-13-7-12-28(21-30)32-14-8-20-40-25-32)24-38(42-39)36-23-29-11-3-4-15-33(29)34-16-5-6-17-35(34)36/h1-27H;2*1-25H. The maximum atomic E-state index is 5.37. The second kappa shape index (κ2) is 33.8. The molecule has 25 rings (SSSR count). The van der Waals surface area contributed by atoms with Crippen LogP contribution in [0.25, 0.3) is 243 Å². The lowest BCUT2D eigenvalue weighted by Crippen LogP contribution is -1.98. The highest BCUT2D eigenvalue weighted by Crippen LogP contribution is 2.44. The van der Waals surface area contributed by atoms with Crippen LogP contribution in [-0.2, 0) is 0 Å². The Morgan fingerprint density at radius 3 is 0.792 bits per heavy atom. The summed E-state index contributed by atoms with van der Waals surface area (Å²) in [5.74, 6) is 2.12. The molecule has 0 aliphatic carbocycles. The fourth-order valence-electron chi connectivity index (χ4n) is 18.5. The zero-order valence-corrected chi connectivity index (χ0v) is 70.5. The molecule has 0 unspecified atom stereocenters. The van der Waals surface area contributed by atoms with Crippen molar-refractivity contribution in [2.75, 3.05) is 0 Å². The van der Waals surface area contributed by atoms with Gasteiger partial charge in [-0.25, -0.2) is 29.9 Å². The number of hydrogen-bond acceptors (Lipinski definition) is 9. The summed E-state index contributed by atoms with van der Waals surface area (Å²) in [6.07, 6.45) is 11.1. The molecule has 0 bridgehead atoms. The Morgan fingerprint density at radius 1 is 0.123 bits per heavy atom. The average Bonchev–Trinajstić information content (AvgIpc) is 0.751. The van der Waals surface area contributed by atoms with E-state index in [2.05, 4.69) is 427 Å². The molecule has 0 atom stereocenters. The molecule has 9 nitrogen and oxygen atoms in total. The van der Waals surface area contributed by atoms with Crippen LogP contribution in [0.15, 0.2) is 468 Å². The van der Waals surface area contributed by atoms with Gasteiger partial charge in [-0.1, -0.05) is 346 Å². The summed E-state index contributed by atoms with van der Waals surface area (Å²) in [4.78, 5) is 44.5. The Hall–Kier alpha value is -17.5. The van der Waals surface area contributed by atoms with Crippen LogP contribution in [0.1, 0.15) is 0 Å². The fourth-order valence-corrected chi connectivity index (χ4v) is 18.5. The van der Waals surface area contributed by atoms with Gasteiger partial charge in [0.1, 0.15) is 0 Å². The highest BCUT2D eigenvalue weighted by Gasteiger charge is 2.22. The van der Waals surface area contributed by atoms with Crippen molar-refractivity contribution in [3.8, 4) is 135 Å². The lowest BCUT2D eigenvalue weighted by atomic mass is 9.94. The third kappa shape index (κ3) is 15.0. The third-order valence-corrected chi connectivity index (χ3v) is 24.8. The Bertz CT molecular complexity index is 8550. The van der Waals surface area contributed by atoms with Crippen LogP contribution in [0.3, 0.4) is 0 Å². The molecule has 0 aliphatic rings. The van der Waals surface area contributed by atoms with Crippen molar-refractivity contribution in [1.29, 1.82) is 0 Å². The minimum absolute atomic E-state index is 0.706. The zero-order valence-electron chi connectivity index (χ0n) is 70.5. The van der Waals surface area contributed by atoms with E-state index in [4.69, 9.17) is 29.9 Å². The first-order chi connectivity index (χ1) is 64.4. The summed E-state index contributed by atoms with van der Waals surface area (Å²) >= 11 is 0. The second-order valence-corrected chi connectivity index (χ2v) is 32.7. The lowest BCUT2D eigenvalue weighted by molar-refractivity contribution is 1.19. The molecule has 0 radical (unpaired) electrons. The van der Waals surface area contributed by atoms with Crippen molar-refractivity contribution in [2.45, 2.75) is 0 Å². The highest BCUT2D eigenvalue weighted by atomic mass is 14.9. The first kappa shape index (κ1) is 77.3. The molecular weight excluding hydrogens is 1580 g/mol. The molecule has 0 saturated heterocycles. The van der Waals surface area contributed by atoms with Gasteiger partial charge in [0.2, 0.25) is 0 Å². The van der Waals surface area contributed by atoms with E-state index in [0.29, 0.717) is 17.5 Å². The molecule has 606 valence electrons. The number of rotatable bonds is 12. The molecule has 0 saturated carbocycles. The largest absolute Gasteiger partial charge is 0.264 e. The van der Waals surface area contributed by atoms with Gasteiger partial charge in [0.25, 0.3) is 0 Å². The van der Waals surface area contributed by atoms with Crippen LogP contribution in [0.2, 0.25) is 0 Å². The number of aromatic nitrogens is 9. The van der Waals surface area contributed by atoms with Crippen LogP contribution >= 0.6 is 0 Å². The summed E-state index contributed by atoms with van der Waals surface area (Å²) in [5, 5.41) is 23.9. The van der Waals surface area contributed by atoms with Crippen molar-refractivity contribution in [1.82, 2.24) is 44.9 Å². The van der Waals surface area contributed by atoms with Crippen molar-refractivity contribution >= 4 is 108 Å². The Morgan fingerprint density at radius 2 is 0.400 bits per heavy atom. The molecular formula is C121H77N9. The van der Waals surface area contributed by atoms with E-state index >= 15 is 0 Å². The molecule has 19 aromatic carbocycles. The number of nitrogens with zero attached hydrogens (tertiary/aromatic N) is 9. The fraction of sp³-hybridized carbons (Fsp3) is 0. The van der Waals surface area contributed by atoms with E-state index in [9.17, 15) is 0 Å². The van der Waals surface area contributed by atoms with Gasteiger partial charge in [-0.05, 0) is 209 Å². The summed E-state index contributed by atoms with van der Waals surface area (Å²) in [6, 6.07) is 151. The van der Waals surface area contributed by atoms with Crippen LogP contribution in [0, 0.1) is 0 Å². The minimum atomic E-state index is 0.706. The molecule has 6 heterocycles. The first-order valence-corrected chi connectivity index (χ1v) is 43.7. The van der Waals surface area contributed by atoms with E-state index in [1.165, 1.54) is 97.0 Å². The average molecular weight is 1660 g/mol. The Balaban J connectivity index is 0.000000111. The minimum Gasteiger partial charge on any atom is -0.264 e. The molecule has 6 aromatic heterocycles. The predicted molar refractivity (Wildman–Crippen MR) is 540 cm³/mol. The molecule has 130 heavy (non-hydrogen) atoms. The van der Waals surface area contributed by atoms with E-state index in [1.54, 1.807) is 18.6 Å². The number of pyridine rings is 3. The van der Waals surface area contributed by atoms with Crippen molar-refractivity contribution in [3.63, 3.8) is 0 Å². The predicted octanol–water partition coefficient (Wildman–Crippen LogP) is 31.2. The normalized spacial score (nSPS) is 11.4. The van der Waals surface area contributed by atoms with Gasteiger partial charge in [0.05, 0.1) is 34.2 Å². The maximum Gasteiger partial charge on any atom is 0.161 e. The lowest BCUT2D eigenvalue weighted by Gasteiger charge is -2.15. The van der Waals surface area contributed by atoms with Crippen molar-refractivity contribution in [3.05, 3.63) is 468 Å². The van der Waals surface area contributed by atoms with Crippen LogP contribution < -0.4 is 0 Å². The second-order valence-electron chi connectivity index (χ2n) is 32.7. The topological polar surface area (TPSA) is 116 Å². The van der Waals surface area contributed by atoms with Gasteiger partial charge in [-0.3, -0.25) is 15.0 Å². The van der Waals surface area contributed by atoms with Gasteiger partial charge in [0.15, 0.2) is 17.5 Å². The zero-order chi connectivity index (χ0) is 86.2. The highest BCUT2D eigenvalue weighted by molar-refractivity contribution is 6.18. The molecule has 0 amide bonds. The van der Waals surface area contributed by atoms with Crippen molar-refractivity contribution in [2.24, 2.45) is 0 Å². The summed E-state index contributed by atoms with van der Waals surface area (Å²) in [6.45, 7) is 0. The van der Waals surface area contributed by atoms with Gasteiger partial charge in [0, 0.05) is 104 Å². The number of hydrogen-bond donors (Lipinski definition) is 0. The van der Waals surface area contributed by atoms with Crippen molar-refractivity contribution < 1.29 is 0 Å². The molecule has 9 heteroatoms. The summed E-state index contributed by atoms with van der Waals surface area (Å²) in [5.41, 5.74) is 21.3. The van der Waals surface area contributed by atoms with Gasteiger partial charge in [-0.15, -0.1) is 0 Å². The summed E-state index contributed by atoms with van der Waals surface area (Å²) in [7, 11) is 0. The number of fused-ring (bicyclic) bond motifs is 14. The van der Waals surface area contributed by atoms with E-state index in [1.807, 2.05) is 36.8 Å². The molecule has 0 aliphatic heterocycles.